The number of unbranched alkanes of at least 4 members (excludes halogenated alkanes) is 42. The molecular weight excluding hydrogens is 1150 g/mol. The highest BCUT2D eigenvalue weighted by molar-refractivity contribution is 7.50. The monoisotopic (exact) mass is 1260 g/mol. The van der Waals surface area contributed by atoms with Gasteiger partial charge in [-0.15, -0.1) is 18.7 Å². The topological polar surface area (TPSA) is 263 Å². The Labute approximate surface area is 501 Å². The van der Waals surface area contributed by atoms with Gasteiger partial charge in [0.2, 0.25) is 0 Å². The average molecular weight is 1260 g/mol. The van der Waals surface area contributed by atoms with Crippen LogP contribution in [0, 0.1) is 0 Å². The number of phosphoric ester groups is 2. The number of phosphoric acid groups is 3. The summed E-state index contributed by atoms with van der Waals surface area (Å²) in [5.74, 6) is -19.6. The molecule has 7 aliphatic rings. The van der Waals surface area contributed by atoms with Crippen molar-refractivity contribution in [3.63, 3.8) is 0 Å². The van der Waals surface area contributed by atoms with E-state index in [1.807, 2.05) is 0 Å². The van der Waals surface area contributed by atoms with Crippen LogP contribution in [0.5, 0.6) is 0 Å². The molecular formula is C60H107O21P3. The van der Waals surface area contributed by atoms with Crippen molar-refractivity contribution in [3.8, 4) is 0 Å². The van der Waals surface area contributed by atoms with Gasteiger partial charge < -0.3 is 10.2 Å². The molecule has 488 valence electrons. The highest BCUT2D eigenvalue weighted by atomic mass is 31.2. The van der Waals surface area contributed by atoms with E-state index in [2.05, 4.69) is 20.8 Å². The minimum absolute atomic E-state index is 0.0205. The van der Waals surface area contributed by atoms with Crippen LogP contribution < -0.4 is 0 Å². The molecule has 6 bridgehead atoms. The number of hydrogen-bond acceptors (Lipinski definition) is 21. The Kier molecular flexibility index (Phi) is 30.6. The van der Waals surface area contributed by atoms with E-state index in [0.717, 1.165) is 83.5 Å². The Hall–Kier alpha value is -0.900. The summed E-state index contributed by atoms with van der Waals surface area (Å²) in [6.07, 6.45) is 43.5. The van der Waals surface area contributed by atoms with Crippen molar-refractivity contribution in [2.45, 2.75) is 364 Å². The number of rotatable bonds is 51. The van der Waals surface area contributed by atoms with Gasteiger partial charge in [-0.3, -0.25) is 14.4 Å². The molecule has 7 heterocycles. The summed E-state index contributed by atoms with van der Waals surface area (Å²) in [7, 11) is -16.7. The minimum Gasteiger partial charge on any atom is -0.358 e. The quantitative estimate of drug-likeness (QED) is 0.0248. The standard InChI is InChI=1S/C60H107O21P3/c1-4-7-10-13-16-19-22-25-28-31-34-37-40-43-46-49-52(61)55(53(62)50-47-44-41-38-35-32-29-26-23-20-17-14-11-8-5-2)56(54(63)51-48-45-42-39-36-33-30-27-24-21-18-15-12-9-6-3)57(64)58-59(75-82(66,73-57)74-58,60(65)76-83(67,77-60)79-70-56)72-81-84(68,78-69-55)80-71-58/h64-65H,4-51H2,1-3H3/t56-,57+,58+,59-,60?,82?,83?,84?/m0/s1. The van der Waals surface area contributed by atoms with E-state index in [4.69, 9.17) is 60.9 Å². The van der Waals surface area contributed by atoms with Gasteiger partial charge >= 0.3 is 41.0 Å². The zero-order chi connectivity index (χ0) is 60.4. The predicted octanol–water partition coefficient (Wildman–Crippen LogP) is 18.0. The SMILES string of the molecule is CCCCCCCCCCCCCCCCCC(=O)C1(C(=O)CCCCCCCCCCCCCCCCC)OOP2(=O)OO[C@]34OP5(=O)O[C@@](O)([C@@]3(OO2)O5)[C@@]1(C(=O)CCCCCCCCCCCCCCCCC)OOP1(=O)OC4(O)O1. The van der Waals surface area contributed by atoms with Crippen LogP contribution in [0.4, 0.5) is 0 Å². The van der Waals surface area contributed by atoms with E-state index in [-0.39, 0.29) is 19.3 Å². The van der Waals surface area contributed by atoms with Gasteiger partial charge in [0.15, 0.2) is 17.3 Å². The fraction of sp³-hybridized carbons (Fsp3) is 0.950. The maximum absolute atomic E-state index is 15.9. The lowest BCUT2D eigenvalue weighted by molar-refractivity contribution is -0.585. The Morgan fingerprint density at radius 2 is 0.571 bits per heavy atom. The zero-order valence-electron chi connectivity index (χ0n) is 51.4. The summed E-state index contributed by atoms with van der Waals surface area (Å²) < 4.78 is 91.0. The lowest BCUT2D eigenvalue weighted by atomic mass is 9.63. The lowest BCUT2D eigenvalue weighted by Crippen LogP contribution is -2.88. The van der Waals surface area contributed by atoms with E-state index in [1.54, 1.807) is 0 Å². The Bertz CT molecular complexity index is 2080. The molecule has 0 aliphatic carbocycles. The number of hydrogen-bond donors (Lipinski definition) is 2. The first-order valence-electron chi connectivity index (χ1n) is 33.4. The van der Waals surface area contributed by atoms with Gasteiger partial charge in [-0.05, 0) is 19.3 Å². The molecule has 7 fully saturated rings. The Morgan fingerprint density at radius 1 is 0.298 bits per heavy atom. The van der Waals surface area contributed by atoms with Gasteiger partial charge in [-0.25, -0.2) is 41.2 Å². The number of ketones is 3. The zero-order valence-corrected chi connectivity index (χ0v) is 54.1. The first-order valence-corrected chi connectivity index (χ1v) is 37.8. The number of carbonyl (C=O) groups is 3. The smallest absolute Gasteiger partial charge is 0.358 e. The van der Waals surface area contributed by atoms with Crippen LogP contribution in [-0.2, 0) is 88.9 Å². The van der Waals surface area contributed by atoms with Crippen LogP contribution in [-0.4, -0.2) is 62.1 Å². The highest BCUT2D eigenvalue weighted by Gasteiger charge is 3.04. The van der Waals surface area contributed by atoms with Gasteiger partial charge in [0.1, 0.15) is 0 Å². The number of Topliss-reactive ketones (excluding diaryl/α,β-unsaturated/α-hetero) is 3. The molecule has 2 unspecified atom stereocenters. The molecule has 6 atom stereocenters. The maximum atomic E-state index is 15.9. The summed E-state index contributed by atoms with van der Waals surface area (Å²) in [5.41, 5.74) is -7.67. The van der Waals surface area contributed by atoms with Crippen LogP contribution in [0.2, 0.25) is 0 Å². The van der Waals surface area contributed by atoms with E-state index in [1.165, 1.54) is 148 Å². The summed E-state index contributed by atoms with van der Waals surface area (Å²) in [6.45, 7) is 6.65. The van der Waals surface area contributed by atoms with E-state index >= 15 is 14.4 Å². The second kappa shape index (κ2) is 35.6. The highest BCUT2D eigenvalue weighted by Crippen LogP contribution is 2.86. The molecule has 84 heavy (non-hydrogen) atoms. The summed E-state index contributed by atoms with van der Waals surface area (Å²) in [5, 5.41) is 25.5. The van der Waals surface area contributed by atoms with Crippen molar-refractivity contribution in [3.05, 3.63) is 0 Å². The van der Waals surface area contributed by atoms with E-state index < -0.39 is 94.6 Å². The van der Waals surface area contributed by atoms with Crippen LogP contribution in [0.25, 0.3) is 0 Å². The lowest BCUT2D eigenvalue weighted by Gasteiger charge is -2.55. The number of aliphatic hydroxyl groups is 2. The molecule has 0 aromatic rings. The third-order valence-corrected chi connectivity index (χ3v) is 21.1. The van der Waals surface area contributed by atoms with Crippen LogP contribution in [0.15, 0.2) is 0 Å². The summed E-state index contributed by atoms with van der Waals surface area (Å²) in [6, 6.07) is 0. The Morgan fingerprint density at radius 3 is 0.917 bits per heavy atom. The van der Waals surface area contributed by atoms with E-state index in [0.29, 0.717) is 38.5 Å². The van der Waals surface area contributed by atoms with Gasteiger partial charge in [0.25, 0.3) is 17.0 Å². The van der Waals surface area contributed by atoms with Gasteiger partial charge in [0, 0.05) is 19.3 Å². The number of fused-ring (bicyclic) bond motifs is 4. The molecule has 0 saturated carbocycles. The van der Waals surface area contributed by atoms with Crippen molar-refractivity contribution in [1.29, 1.82) is 0 Å². The number of carbonyl (C=O) groups excluding carboxylic acids is 3. The fourth-order valence-electron chi connectivity index (χ4n) is 12.7. The molecule has 7 rings (SSSR count). The van der Waals surface area contributed by atoms with Gasteiger partial charge in [0.05, 0.1) is 0 Å². The molecule has 24 heteroatoms. The molecule has 1 spiro atoms. The summed E-state index contributed by atoms with van der Waals surface area (Å²) in [4.78, 5) is 69.7. The summed E-state index contributed by atoms with van der Waals surface area (Å²) >= 11 is 0. The third kappa shape index (κ3) is 17.8. The minimum atomic E-state index is -5.71. The molecule has 21 nitrogen and oxygen atoms in total. The van der Waals surface area contributed by atoms with Crippen molar-refractivity contribution < 1.29 is 99.2 Å². The van der Waals surface area contributed by atoms with Crippen LogP contribution in [0.3, 0.4) is 0 Å². The molecule has 0 aromatic heterocycles. The van der Waals surface area contributed by atoms with Crippen molar-refractivity contribution >= 4 is 40.8 Å². The van der Waals surface area contributed by atoms with Crippen molar-refractivity contribution in [2.24, 2.45) is 0 Å². The second-order valence-corrected chi connectivity index (χ2v) is 28.8. The molecule has 0 amide bonds. The molecule has 7 saturated heterocycles. The maximum Gasteiger partial charge on any atom is 0.557 e. The fourth-order valence-corrected chi connectivity index (χ4v) is 16.3. The first kappa shape index (κ1) is 72.2. The molecule has 2 N–H and O–H groups in total. The first-order chi connectivity index (χ1) is 40.6. The largest absolute Gasteiger partial charge is 0.557 e. The molecule has 7 aliphatic heterocycles. The van der Waals surface area contributed by atoms with Crippen molar-refractivity contribution in [2.75, 3.05) is 0 Å². The molecule has 0 radical (unpaired) electrons. The normalized spacial score (nSPS) is 31.0. The second-order valence-electron chi connectivity index (χ2n) is 24.6. The van der Waals surface area contributed by atoms with E-state index in [9.17, 15) is 23.9 Å². The van der Waals surface area contributed by atoms with Crippen LogP contribution >= 0.6 is 23.5 Å². The van der Waals surface area contributed by atoms with Crippen LogP contribution in [0.1, 0.15) is 329 Å². The Balaban J connectivity index is 1.22. The average Bonchev–Trinajstić information content (AvgIpc) is 1.42. The molecule has 0 aromatic carbocycles. The van der Waals surface area contributed by atoms with Crippen molar-refractivity contribution in [1.82, 2.24) is 0 Å². The van der Waals surface area contributed by atoms with Gasteiger partial charge in [-0.1, -0.05) is 290 Å². The third-order valence-electron chi connectivity index (χ3n) is 17.7. The predicted molar refractivity (Wildman–Crippen MR) is 311 cm³/mol. The van der Waals surface area contributed by atoms with Gasteiger partial charge in [-0.2, -0.15) is 14.7 Å².